The Hall–Kier alpha value is -1.09. The standard InChI is InChI=1S/C14H14O3/c1-16-12(15)10-5-9-6-11(10)14-8-3-2-7(4-8)13(9,14)17-14/h2-3,5,7-9,11H,4,6H2,1H3/t7-,8-,9-,11-,13+,14-/m0/s1. The quantitative estimate of drug-likeness (QED) is 0.389. The Morgan fingerprint density at radius 3 is 2.82 bits per heavy atom. The number of esters is 1. The summed E-state index contributed by atoms with van der Waals surface area (Å²) >= 11 is 0. The number of carbonyl (C=O) groups is 1. The highest BCUT2D eigenvalue weighted by atomic mass is 16.6. The predicted octanol–water partition coefficient (Wildman–Crippen LogP) is 1.45. The first-order valence-electron chi connectivity index (χ1n) is 6.42. The number of ether oxygens (including phenoxy) is 2. The number of epoxide rings is 1. The molecule has 1 aliphatic heterocycles. The number of rotatable bonds is 1. The monoisotopic (exact) mass is 230 g/mol. The summed E-state index contributed by atoms with van der Waals surface area (Å²) in [4.78, 5) is 11.8. The maximum Gasteiger partial charge on any atom is 0.333 e. The van der Waals surface area contributed by atoms with Crippen LogP contribution >= 0.6 is 0 Å². The number of hydrogen-bond acceptors (Lipinski definition) is 3. The maximum absolute atomic E-state index is 11.8. The van der Waals surface area contributed by atoms with Gasteiger partial charge in [-0.25, -0.2) is 4.79 Å². The molecule has 0 aromatic heterocycles. The highest BCUT2D eigenvalue weighted by Gasteiger charge is 2.90. The molecule has 0 radical (unpaired) electrons. The Kier molecular flexibility index (Phi) is 1.17. The lowest BCUT2D eigenvalue weighted by Gasteiger charge is -2.24. The van der Waals surface area contributed by atoms with Crippen molar-refractivity contribution in [2.75, 3.05) is 7.11 Å². The average Bonchev–Trinajstić information content (AvgIpc) is 2.79. The van der Waals surface area contributed by atoms with Gasteiger partial charge >= 0.3 is 5.97 Å². The number of methoxy groups -OCH3 is 1. The van der Waals surface area contributed by atoms with Gasteiger partial charge in [0.1, 0.15) is 11.2 Å². The van der Waals surface area contributed by atoms with E-state index in [1.807, 2.05) is 0 Å². The smallest absolute Gasteiger partial charge is 0.333 e. The van der Waals surface area contributed by atoms with Gasteiger partial charge in [0.05, 0.1) is 7.11 Å². The Balaban J connectivity index is 1.66. The summed E-state index contributed by atoms with van der Waals surface area (Å²) in [6.45, 7) is 0. The van der Waals surface area contributed by atoms with Crippen molar-refractivity contribution in [2.24, 2.45) is 23.7 Å². The van der Waals surface area contributed by atoms with Crippen LogP contribution in [0.1, 0.15) is 12.8 Å². The van der Waals surface area contributed by atoms with Crippen molar-refractivity contribution < 1.29 is 14.3 Å². The zero-order valence-electron chi connectivity index (χ0n) is 9.68. The minimum atomic E-state index is -0.150. The first-order chi connectivity index (χ1) is 8.24. The van der Waals surface area contributed by atoms with Crippen molar-refractivity contribution in [1.29, 1.82) is 0 Å². The summed E-state index contributed by atoms with van der Waals surface area (Å²) in [6.07, 6.45) is 9.11. The minimum absolute atomic E-state index is 0.0185. The second-order valence-electron chi connectivity index (χ2n) is 6.03. The van der Waals surface area contributed by atoms with E-state index in [2.05, 4.69) is 18.2 Å². The first kappa shape index (κ1) is 8.92. The van der Waals surface area contributed by atoms with E-state index in [4.69, 9.17) is 9.47 Å². The van der Waals surface area contributed by atoms with Gasteiger partial charge in [-0.05, 0) is 12.8 Å². The van der Waals surface area contributed by atoms with Crippen LogP contribution in [-0.4, -0.2) is 24.3 Å². The first-order valence-corrected chi connectivity index (χ1v) is 6.42. The van der Waals surface area contributed by atoms with Crippen LogP contribution in [0.2, 0.25) is 0 Å². The molecule has 17 heavy (non-hydrogen) atoms. The molecule has 5 aliphatic rings. The summed E-state index contributed by atoms with van der Waals surface area (Å²) < 4.78 is 11.1. The zero-order valence-corrected chi connectivity index (χ0v) is 9.68. The van der Waals surface area contributed by atoms with E-state index in [-0.39, 0.29) is 17.2 Å². The Morgan fingerprint density at radius 1 is 1.29 bits per heavy atom. The van der Waals surface area contributed by atoms with E-state index < -0.39 is 0 Å². The topological polar surface area (TPSA) is 38.8 Å². The normalized spacial score (nSPS) is 59.0. The maximum atomic E-state index is 11.8. The lowest BCUT2D eigenvalue weighted by atomic mass is 9.74. The molecule has 88 valence electrons. The Morgan fingerprint density at radius 2 is 2.06 bits per heavy atom. The molecule has 4 bridgehead atoms. The Labute approximate surface area is 99.5 Å². The average molecular weight is 230 g/mol. The molecular formula is C14H14O3. The van der Waals surface area contributed by atoms with Crippen LogP contribution < -0.4 is 0 Å². The number of fused-ring (bicyclic) bond motifs is 4. The molecule has 1 heterocycles. The summed E-state index contributed by atoms with van der Waals surface area (Å²) in [5.74, 6) is 1.72. The molecule has 3 nitrogen and oxygen atoms in total. The highest BCUT2D eigenvalue weighted by molar-refractivity contribution is 5.91. The van der Waals surface area contributed by atoms with Gasteiger partial charge in [-0.2, -0.15) is 0 Å². The molecule has 0 aromatic carbocycles. The molecule has 1 saturated heterocycles. The zero-order chi connectivity index (χ0) is 11.4. The summed E-state index contributed by atoms with van der Waals surface area (Å²) in [7, 11) is 1.47. The van der Waals surface area contributed by atoms with Crippen LogP contribution in [0.25, 0.3) is 0 Å². The molecule has 2 saturated carbocycles. The minimum Gasteiger partial charge on any atom is -0.466 e. The fourth-order valence-corrected chi connectivity index (χ4v) is 5.38. The van der Waals surface area contributed by atoms with Crippen molar-refractivity contribution in [3.63, 3.8) is 0 Å². The molecular weight excluding hydrogens is 216 g/mol. The molecule has 4 aliphatic carbocycles. The second kappa shape index (κ2) is 2.24. The number of hydrogen-bond donors (Lipinski definition) is 0. The van der Waals surface area contributed by atoms with Crippen molar-refractivity contribution in [3.05, 3.63) is 23.8 Å². The van der Waals surface area contributed by atoms with E-state index >= 15 is 0 Å². The van der Waals surface area contributed by atoms with Crippen LogP contribution in [0.15, 0.2) is 23.8 Å². The predicted molar refractivity (Wildman–Crippen MR) is 59.0 cm³/mol. The van der Waals surface area contributed by atoms with Gasteiger partial charge in [0, 0.05) is 29.2 Å². The van der Waals surface area contributed by atoms with Gasteiger partial charge in [-0.1, -0.05) is 18.2 Å². The van der Waals surface area contributed by atoms with E-state index in [1.54, 1.807) is 0 Å². The van der Waals surface area contributed by atoms with Crippen molar-refractivity contribution in [3.8, 4) is 0 Å². The van der Waals surface area contributed by atoms with Gasteiger partial charge in [0.2, 0.25) is 0 Å². The van der Waals surface area contributed by atoms with Crippen LogP contribution in [-0.2, 0) is 14.3 Å². The van der Waals surface area contributed by atoms with Crippen molar-refractivity contribution in [2.45, 2.75) is 24.0 Å². The highest BCUT2D eigenvalue weighted by Crippen LogP contribution is 2.82. The van der Waals surface area contributed by atoms with Gasteiger partial charge in [0.25, 0.3) is 0 Å². The largest absolute Gasteiger partial charge is 0.466 e. The molecule has 0 unspecified atom stereocenters. The van der Waals surface area contributed by atoms with Crippen LogP contribution in [0, 0.1) is 23.7 Å². The fourth-order valence-electron chi connectivity index (χ4n) is 5.38. The van der Waals surface area contributed by atoms with E-state index in [1.165, 1.54) is 13.5 Å². The van der Waals surface area contributed by atoms with E-state index in [9.17, 15) is 4.79 Å². The third kappa shape index (κ3) is 0.628. The summed E-state index contributed by atoms with van der Waals surface area (Å²) in [6, 6.07) is 0. The fraction of sp³-hybridized carbons (Fsp3) is 0.643. The van der Waals surface area contributed by atoms with Gasteiger partial charge in [-0.15, -0.1) is 0 Å². The molecule has 6 atom stereocenters. The Bertz CT molecular complexity index is 520. The number of carbonyl (C=O) groups excluding carboxylic acids is 1. The van der Waals surface area contributed by atoms with Gasteiger partial charge in [-0.3, -0.25) is 0 Å². The SMILES string of the molecule is COC(=O)C1=C[C@H]2C[C@@H]1[C@]13O[C@]21[C@H]1C=C[C@H]3C1. The molecule has 0 spiro atoms. The van der Waals surface area contributed by atoms with E-state index in [0.717, 1.165) is 12.0 Å². The molecule has 5 rings (SSSR count). The molecule has 3 heteroatoms. The second-order valence-corrected chi connectivity index (χ2v) is 6.03. The van der Waals surface area contributed by atoms with Gasteiger partial charge < -0.3 is 9.47 Å². The van der Waals surface area contributed by atoms with Crippen molar-refractivity contribution in [1.82, 2.24) is 0 Å². The van der Waals surface area contributed by atoms with Crippen LogP contribution in [0.3, 0.4) is 0 Å². The molecule has 0 aromatic rings. The van der Waals surface area contributed by atoms with Crippen LogP contribution in [0.5, 0.6) is 0 Å². The van der Waals surface area contributed by atoms with Gasteiger partial charge in [0.15, 0.2) is 0 Å². The van der Waals surface area contributed by atoms with E-state index in [0.29, 0.717) is 23.7 Å². The third-order valence-corrected chi connectivity index (χ3v) is 5.83. The molecule has 0 N–H and O–H groups in total. The van der Waals surface area contributed by atoms with Crippen LogP contribution in [0.4, 0.5) is 0 Å². The summed E-state index contributed by atoms with van der Waals surface area (Å²) in [5.41, 5.74) is 0.941. The lowest BCUT2D eigenvalue weighted by molar-refractivity contribution is -0.137. The summed E-state index contributed by atoms with van der Waals surface area (Å²) in [5, 5.41) is 0. The van der Waals surface area contributed by atoms with Crippen molar-refractivity contribution >= 4 is 5.97 Å². The third-order valence-electron chi connectivity index (χ3n) is 5.83. The lowest BCUT2D eigenvalue weighted by Crippen LogP contribution is -2.37. The molecule has 3 fully saturated rings. The molecule has 0 amide bonds.